The predicted molar refractivity (Wildman–Crippen MR) is 123 cm³/mol. The lowest BCUT2D eigenvalue weighted by atomic mass is 10.1. The van der Waals surface area contributed by atoms with Crippen molar-refractivity contribution in [3.05, 3.63) is 71.8 Å². The van der Waals surface area contributed by atoms with Crippen molar-refractivity contribution in [1.82, 2.24) is 5.32 Å². The first kappa shape index (κ1) is 26.5. The zero-order valence-corrected chi connectivity index (χ0v) is 19.5. The van der Waals surface area contributed by atoms with E-state index in [1.165, 1.54) is 0 Å². The Kier molecular flexibility index (Phi) is 9.76. The van der Waals surface area contributed by atoms with Gasteiger partial charge in [-0.15, -0.1) is 0 Å². The zero-order chi connectivity index (χ0) is 25.1. The van der Waals surface area contributed by atoms with Crippen LogP contribution in [0.5, 0.6) is 0 Å². The number of benzene rings is 2. The highest BCUT2D eigenvalue weighted by molar-refractivity contribution is 6.03. The van der Waals surface area contributed by atoms with Crippen LogP contribution < -0.4 is 11.1 Å². The van der Waals surface area contributed by atoms with E-state index >= 15 is 0 Å². The fourth-order valence-electron chi connectivity index (χ4n) is 2.72. The third-order valence-electron chi connectivity index (χ3n) is 4.38. The monoisotopic (exact) mass is 470 g/mol. The number of rotatable bonds is 10. The van der Waals surface area contributed by atoms with Gasteiger partial charge in [0.25, 0.3) is 0 Å². The fraction of sp³-hybridized carbons (Fsp3) is 0.360. The third kappa shape index (κ3) is 9.41. The number of hydrogen-bond acceptors (Lipinski definition) is 8. The summed E-state index contributed by atoms with van der Waals surface area (Å²) in [5.41, 5.74) is 6.31. The molecule has 34 heavy (non-hydrogen) atoms. The van der Waals surface area contributed by atoms with Crippen LogP contribution in [0.4, 0.5) is 0 Å². The van der Waals surface area contributed by atoms with Crippen molar-refractivity contribution in [2.45, 2.75) is 58.1 Å². The number of esters is 3. The van der Waals surface area contributed by atoms with Crippen LogP contribution in [0, 0.1) is 0 Å². The van der Waals surface area contributed by atoms with E-state index in [-0.39, 0.29) is 13.2 Å². The van der Waals surface area contributed by atoms with E-state index in [0.717, 1.165) is 11.1 Å². The van der Waals surface area contributed by atoms with Gasteiger partial charge < -0.3 is 25.3 Å². The Balaban J connectivity index is 2.03. The van der Waals surface area contributed by atoms with Crippen LogP contribution in [0.25, 0.3) is 0 Å². The van der Waals surface area contributed by atoms with Crippen LogP contribution in [-0.2, 0) is 46.6 Å². The molecule has 0 bridgehead atoms. The van der Waals surface area contributed by atoms with E-state index < -0.39 is 47.9 Å². The van der Waals surface area contributed by atoms with E-state index in [1.807, 2.05) is 12.1 Å². The molecule has 2 aromatic carbocycles. The van der Waals surface area contributed by atoms with Crippen LogP contribution in [-0.4, -0.2) is 41.5 Å². The van der Waals surface area contributed by atoms with Crippen LogP contribution in [0.3, 0.4) is 0 Å². The van der Waals surface area contributed by atoms with E-state index in [0.29, 0.717) is 0 Å². The molecule has 182 valence electrons. The van der Waals surface area contributed by atoms with E-state index in [9.17, 15) is 19.2 Å². The van der Waals surface area contributed by atoms with Crippen LogP contribution >= 0.6 is 0 Å². The lowest BCUT2D eigenvalue weighted by Crippen LogP contribution is -2.53. The first-order valence-corrected chi connectivity index (χ1v) is 10.7. The van der Waals surface area contributed by atoms with Crippen molar-refractivity contribution in [2.24, 2.45) is 5.73 Å². The van der Waals surface area contributed by atoms with Gasteiger partial charge in [0.05, 0.1) is 6.42 Å². The van der Waals surface area contributed by atoms with Gasteiger partial charge in [-0.2, -0.15) is 0 Å². The molecule has 0 aliphatic heterocycles. The largest absolute Gasteiger partial charge is 0.461 e. The molecule has 0 heterocycles. The maximum absolute atomic E-state index is 12.7. The molecule has 9 nitrogen and oxygen atoms in total. The standard InChI is InChI=1S/C25H30N2O7/c1-25(2,3)34-24(31)21(26)22(29)27-19(23(30)33-16-18-12-8-5-9-13-18)14-20(28)32-15-17-10-6-4-7-11-17/h4-13,19,21H,14-16,26H2,1-3H3,(H,27,29)/t19-,21?/m0/s1. The minimum absolute atomic E-state index is 0.00315. The lowest BCUT2D eigenvalue weighted by Gasteiger charge is -2.23. The Bertz CT molecular complexity index is 972. The molecule has 0 aromatic heterocycles. The second kappa shape index (κ2) is 12.5. The molecule has 3 N–H and O–H groups in total. The smallest absolute Gasteiger partial charge is 0.333 e. The molecule has 2 aromatic rings. The number of nitrogens with two attached hydrogens (primary N) is 1. The van der Waals surface area contributed by atoms with Crippen molar-refractivity contribution in [3.63, 3.8) is 0 Å². The summed E-state index contributed by atoms with van der Waals surface area (Å²) in [7, 11) is 0. The van der Waals surface area contributed by atoms with Gasteiger partial charge in [-0.05, 0) is 31.9 Å². The number of carbonyl (C=O) groups excluding carboxylic acids is 4. The first-order valence-electron chi connectivity index (χ1n) is 10.7. The Morgan fingerprint density at radius 3 is 1.82 bits per heavy atom. The van der Waals surface area contributed by atoms with Gasteiger partial charge in [0.2, 0.25) is 5.91 Å². The van der Waals surface area contributed by atoms with Crippen molar-refractivity contribution >= 4 is 23.8 Å². The highest BCUT2D eigenvalue weighted by atomic mass is 16.6. The van der Waals surface area contributed by atoms with Crippen LogP contribution in [0.1, 0.15) is 38.3 Å². The molecule has 0 spiro atoms. The molecule has 9 heteroatoms. The van der Waals surface area contributed by atoms with Gasteiger partial charge in [0, 0.05) is 0 Å². The molecule has 1 unspecified atom stereocenters. The Labute approximate surface area is 198 Å². The number of hydrogen-bond donors (Lipinski definition) is 2. The Hall–Kier alpha value is -3.72. The summed E-state index contributed by atoms with van der Waals surface area (Å²) in [6, 6.07) is 14.8. The third-order valence-corrected chi connectivity index (χ3v) is 4.38. The molecule has 2 atom stereocenters. The van der Waals surface area contributed by atoms with Crippen molar-refractivity contribution in [3.8, 4) is 0 Å². The minimum atomic E-state index is -1.69. The van der Waals surface area contributed by atoms with Gasteiger partial charge in [0.15, 0.2) is 6.04 Å². The molecule has 0 fully saturated rings. The second-order valence-corrected chi connectivity index (χ2v) is 8.52. The average Bonchev–Trinajstić information content (AvgIpc) is 2.80. The molecular formula is C25H30N2O7. The van der Waals surface area contributed by atoms with Gasteiger partial charge in [-0.3, -0.25) is 9.59 Å². The van der Waals surface area contributed by atoms with Gasteiger partial charge in [-0.1, -0.05) is 60.7 Å². The SMILES string of the molecule is CC(C)(C)OC(=O)C(N)C(=O)N[C@@H](CC(=O)OCc1ccccc1)C(=O)OCc1ccccc1. The van der Waals surface area contributed by atoms with E-state index in [1.54, 1.807) is 69.3 Å². The quantitative estimate of drug-likeness (QED) is 0.306. The zero-order valence-electron chi connectivity index (χ0n) is 19.5. The van der Waals surface area contributed by atoms with Crippen molar-refractivity contribution < 1.29 is 33.4 Å². The number of carbonyl (C=O) groups is 4. The van der Waals surface area contributed by atoms with E-state index in [2.05, 4.69) is 5.32 Å². The Morgan fingerprint density at radius 2 is 1.32 bits per heavy atom. The molecular weight excluding hydrogens is 440 g/mol. The average molecular weight is 471 g/mol. The topological polar surface area (TPSA) is 134 Å². The minimum Gasteiger partial charge on any atom is -0.461 e. The maximum Gasteiger partial charge on any atom is 0.333 e. The summed E-state index contributed by atoms with van der Waals surface area (Å²) < 4.78 is 15.6. The second-order valence-electron chi connectivity index (χ2n) is 8.52. The van der Waals surface area contributed by atoms with Crippen LogP contribution in [0.15, 0.2) is 60.7 Å². The fourth-order valence-corrected chi connectivity index (χ4v) is 2.72. The van der Waals surface area contributed by atoms with Gasteiger partial charge in [-0.25, -0.2) is 9.59 Å². The summed E-state index contributed by atoms with van der Waals surface area (Å²) in [6.07, 6.45) is -0.507. The molecule has 0 aliphatic carbocycles. The Morgan fingerprint density at radius 1 is 0.824 bits per heavy atom. The van der Waals surface area contributed by atoms with Gasteiger partial charge >= 0.3 is 17.9 Å². The number of ether oxygens (including phenoxy) is 3. The molecule has 0 saturated heterocycles. The van der Waals surface area contributed by atoms with Gasteiger partial charge in [0.1, 0.15) is 24.9 Å². The highest BCUT2D eigenvalue weighted by Gasteiger charge is 2.33. The maximum atomic E-state index is 12.7. The first-order chi connectivity index (χ1) is 16.0. The number of amides is 1. The summed E-state index contributed by atoms with van der Waals surface area (Å²) >= 11 is 0. The summed E-state index contributed by atoms with van der Waals surface area (Å²) in [4.78, 5) is 49.7. The molecule has 0 radical (unpaired) electrons. The molecule has 0 aliphatic rings. The predicted octanol–water partition coefficient (Wildman–Crippen LogP) is 2.02. The van der Waals surface area contributed by atoms with Crippen molar-refractivity contribution in [2.75, 3.05) is 0 Å². The normalized spacial score (nSPS) is 12.7. The summed E-state index contributed by atoms with van der Waals surface area (Å²) in [5.74, 6) is -3.55. The summed E-state index contributed by atoms with van der Waals surface area (Å²) in [5, 5.41) is 2.31. The van der Waals surface area contributed by atoms with E-state index in [4.69, 9.17) is 19.9 Å². The molecule has 1 amide bonds. The lowest BCUT2D eigenvalue weighted by molar-refractivity contribution is -0.160. The number of nitrogens with one attached hydrogen (secondary N) is 1. The van der Waals surface area contributed by atoms with Crippen molar-refractivity contribution in [1.29, 1.82) is 0 Å². The highest BCUT2D eigenvalue weighted by Crippen LogP contribution is 2.10. The van der Waals surface area contributed by atoms with Crippen LogP contribution in [0.2, 0.25) is 0 Å². The molecule has 2 rings (SSSR count). The molecule has 0 saturated carbocycles. The summed E-state index contributed by atoms with van der Waals surface area (Å²) in [6.45, 7) is 4.81.